The van der Waals surface area contributed by atoms with Gasteiger partial charge in [0.1, 0.15) is 12.1 Å². The molecule has 6 nitrogen and oxygen atoms in total. The summed E-state index contributed by atoms with van der Waals surface area (Å²) in [5.41, 5.74) is 15.9. The van der Waals surface area contributed by atoms with E-state index in [1.807, 2.05) is 24.3 Å². The Balaban J connectivity index is 0.000000521. The highest BCUT2D eigenvalue weighted by Gasteiger charge is 2.35. The zero-order chi connectivity index (χ0) is 32.7. The minimum Gasteiger partial charge on any atom is -1.00 e. The maximum Gasteiger partial charge on any atom is 0.108 e. The van der Waals surface area contributed by atoms with Gasteiger partial charge in [0.15, 0.2) is 0 Å². The number of halogens is 2. The van der Waals surface area contributed by atoms with Crippen molar-refractivity contribution in [2.24, 2.45) is 0 Å². The van der Waals surface area contributed by atoms with Crippen molar-refractivity contribution in [2.45, 2.75) is 109 Å². The van der Waals surface area contributed by atoms with E-state index in [4.69, 9.17) is 11.5 Å². The number of benzene rings is 2. The summed E-state index contributed by atoms with van der Waals surface area (Å²) in [5, 5.41) is 0. The number of quaternary nitrogens is 2. The van der Waals surface area contributed by atoms with Crippen molar-refractivity contribution in [3.8, 4) is 0 Å². The lowest BCUT2D eigenvalue weighted by molar-refractivity contribution is -0.912. The average molecular weight is 738 g/mol. The molecule has 2 aromatic carbocycles. The van der Waals surface area contributed by atoms with Crippen LogP contribution in [0.5, 0.6) is 0 Å². The highest BCUT2D eigenvalue weighted by atomic mass is 79.9. The van der Waals surface area contributed by atoms with Crippen LogP contribution in [0.4, 0.5) is 22.7 Å². The van der Waals surface area contributed by atoms with Crippen molar-refractivity contribution >= 4 is 22.7 Å². The predicted molar refractivity (Wildman–Crippen MR) is 199 cm³/mol. The van der Waals surface area contributed by atoms with Crippen LogP contribution in [0.2, 0.25) is 0 Å². The third-order valence-electron chi connectivity index (χ3n) is 10.5. The summed E-state index contributed by atoms with van der Waals surface area (Å²) < 4.78 is 2.22. The van der Waals surface area contributed by atoms with Crippen LogP contribution in [0.1, 0.15) is 96.8 Å². The second kappa shape index (κ2) is 22.1. The highest BCUT2D eigenvalue weighted by molar-refractivity contribution is 5.54. The van der Waals surface area contributed by atoms with Gasteiger partial charge in [0, 0.05) is 48.7 Å². The Hall–Kier alpha value is -1.67. The Bertz CT molecular complexity index is 1070. The molecular formula is C39H70BrClN6. The summed E-state index contributed by atoms with van der Waals surface area (Å²) in [5.74, 6) is 0. The molecule has 0 aromatic heterocycles. The average Bonchev–Trinajstić information content (AvgIpc) is 3.71. The van der Waals surface area contributed by atoms with Gasteiger partial charge in [-0.1, -0.05) is 71.1 Å². The maximum atomic E-state index is 5.84. The van der Waals surface area contributed by atoms with Gasteiger partial charge in [0.05, 0.1) is 54.9 Å². The van der Waals surface area contributed by atoms with Crippen LogP contribution in [-0.4, -0.2) is 89.0 Å². The lowest BCUT2D eigenvalue weighted by Crippen LogP contribution is -3.00. The molecule has 2 heterocycles. The largest absolute Gasteiger partial charge is 1.00 e. The van der Waals surface area contributed by atoms with E-state index in [1.54, 1.807) is 0 Å². The molecule has 8 heteroatoms. The van der Waals surface area contributed by atoms with Crippen LogP contribution in [0, 0.1) is 0 Å². The highest BCUT2D eigenvalue weighted by Crippen LogP contribution is 2.27. The Labute approximate surface area is 306 Å². The lowest BCUT2D eigenvalue weighted by Gasteiger charge is -2.36. The van der Waals surface area contributed by atoms with Gasteiger partial charge in [-0.25, -0.2) is 0 Å². The molecule has 2 saturated heterocycles. The fraction of sp³-hybridized carbons (Fsp3) is 0.692. The maximum absolute atomic E-state index is 5.84. The number of likely N-dealkylation sites (N-methyl/N-ethyl adjacent to an activating group) is 2. The summed E-state index contributed by atoms with van der Waals surface area (Å²) in [6.07, 6.45) is 19.7. The number of rotatable bonds is 17. The third kappa shape index (κ3) is 15.6. The standard InChI is InChI=1S/C26H48N3.C13H22N3.BrH.ClH/c1-4-5-6-7-8-9-10-11-12-13-14-15-22-29(2,3)26-20-21-28(23-26)25-18-16-24(27)17-19-25;1-16(2,3)13-8-9-15(10-13)12-6-4-11(14)5-7-12;;/h16-19,26H,4-15,20-23,27H2,1-3H3;4-7,13H,8-10,14H2,1-3H3;2*1H/q2*+1;;/p-2. The van der Waals surface area contributed by atoms with Crippen molar-refractivity contribution < 1.29 is 38.4 Å². The van der Waals surface area contributed by atoms with Crippen LogP contribution in [0.3, 0.4) is 0 Å². The normalized spacial score (nSPS) is 17.9. The zero-order valence-corrected chi connectivity index (χ0v) is 33.2. The van der Waals surface area contributed by atoms with E-state index in [0.717, 1.165) is 41.0 Å². The van der Waals surface area contributed by atoms with Gasteiger partial charge < -0.3 is 59.6 Å². The van der Waals surface area contributed by atoms with Crippen molar-refractivity contribution in [1.29, 1.82) is 0 Å². The number of nitrogens with zero attached hydrogens (tertiary/aromatic N) is 4. The van der Waals surface area contributed by atoms with Gasteiger partial charge in [-0.3, -0.25) is 0 Å². The first-order valence-corrected chi connectivity index (χ1v) is 18.3. The molecule has 4 N–H and O–H groups in total. The van der Waals surface area contributed by atoms with Crippen LogP contribution in [-0.2, 0) is 0 Å². The van der Waals surface area contributed by atoms with Crippen LogP contribution >= 0.6 is 0 Å². The zero-order valence-electron chi connectivity index (χ0n) is 30.9. The van der Waals surface area contributed by atoms with E-state index in [0.29, 0.717) is 0 Å². The molecule has 0 bridgehead atoms. The van der Waals surface area contributed by atoms with E-state index in [9.17, 15) is 0 Å². The molecule has 2 aliphatic heterocycles. The predicted octanol–water partition coefficient (Wildman–Crippen LogP) is 2.19. The number of hydrogen-bond donors (Lipinski definition) is 2. The SMILES string of the molecule is CCCCCCCCCCCCCC[N+](C)(C)C1CCN(c2ccc(N)cc2)C1.C[N+](C)(C)C1CCN(c2ccc(N)cc2)C1.[Br-].[Cl-]. The van der Waals surface area contributed by atoms with Crippen LogP contribution < -0.4 is 50.7 Å². The van der Waals surface area contributed by atoms with Gasteiger partial charge in [0.2, 0.25) is 0 Å². The van der Waals surface area contributed by atoms with Crippen LogP contribution in [0.25, 0.3) is 0 Å². The molecule has 0 radical (unpaired) electrons. The van der Waals surface area contributed by atoms with E-state index in [2.05, 4.69) is 76.2 Å². The molecule has 0 saturated carbocycles. The first-order chi connectivity index (χ1) is 21.5. The summed E-state index contributed by atoms with van der Waals surface area (Å²) >= 11 is 0. The van der Waals surface area contributed by atoms with E-state index < -0.39 is 0 Å². The van der Waals surface area contributed by atoms with Crippen molar-refractivity contribution in [2.75, 3.05) is 89.2 Å². The smallest absolute Gasteiger partial charge is 0.108 e. The molecule has 270 valence electrons. The van der Waals surface area contributed by atoms with E-state index in [1.165, 1.54) is 125 Å². The number of unbranched alkanes of at least 4 members (excludes halogenated alkanes) is 11. The second-order valence-corrected chi connectivity index (χ2v) is 15.5. The Morgan fingerprint density at radius 2 is 0.936 bits per heavy atom. The Kier molecular flexibility index (Phi) is 20.4. The molecule has 2 aromatic rings. The van der Waals surface area contributed by atoms with Crippen molar-refractivity contribution in [3.63, 3.8) is 0 Å². The molecule has 2 unspecified atom stereocenters. The quantitative estimate of drug-likeness (QED) is 0.149. The first kappa shape index (κ1) is 43.4. The second-order valence-electron chi connectivity index (χ2n) is 15.5. The molecule has 0 aliphatic carbocycles. The molecule has 2 atom stereocenters. The van der Waals surface area contributed by atoms with Crippen molar-refractivity contribution in [3.05, 3.63) is 48.5 Å². The van der Waals surface area contributed by atoms with Gasteiger partial charge in [0.25, 0.3) is 0 Å². The summed E-state index contributed by atoms with van der Waals surface area (Å²) in [4.78, 5) is 4.99. The Morgan fingerprint density at radius 1 is 0.574 bits per heavy atom. The molecule has 4 rings (SSSR count). The minimum atomic E-state index is 0. The number of hydrogen-bond acceptors (Lipinski definition) is 4. The topological polar surface area (TPSA) is 58.5 Å². The summed E-state index contributed by atoms with van der Waals surface area (Å²) in [7, 11) is 11.7. The van der Waals surface area contributed by atoms with Gasteiger partial charge >= 0.3 is 0 Å². The fourth-order valence-electron chi connectivity index (χ4n) is 7.07. The number of nitrogen functional groups attached to an aromatic ring is 2. The summed E-state index contributed by atoms with van der Waals surface area (Å²) in [6, 6.07) is 18.1. The molecule has 0 spiro atoms. The molecule has 2 fully saturated rings. The number of nitrogens with two attached hydrogens (primary N) is 2. The molecule has 2 aliphatic rings. The molecular weight excluding hydrogens is 668 g/mol. The van der Waals surface area contributed by atoms with Crippen molar-refractivity contribution in [1.82, 2.24) is 0 Å². The number of anilines is 4. The minimum absolute atomic E-state index is 0. The van der Waals surface area contributed by atoms with Gasteiger partial charge in [-0.15, -0.1) is 0 Å². The van der Waals surface area contributed by atoms with E-state index in [-0.39, 0.29) is 29.4 Å². The first-order valence-electron chi connectivity index (χ1n) is 18.3. The van der Waals surface area contributed by atoms with Gasteiger partial charge in [-0.2, -0.15) is 0 Å². The summed E-state index contributed by atoms with van der Waals surface area (Å²) in [6.45, 7) is 8.27. The van der Waals surface area contributed by atoms with Crippen LogP contribution in [0.15, 0.2) is 48.5 Å². The monoisotopic (exact) mass is 736 g/mol. The third-order valence-corrected chi connectivity index (χ3v) is 10.5. The Morgan fingerprint density at radius 3 is 1.32 bits per heavy atom. The lowest BCUT2D eigenvalue weighted by atomic mass is 10.0. The molecule has 0 amide bonds. The van der Waals surface area contributed by atoms with Gasteiger partial charge in [-0.05, 0) is 61.4 Å². The van der Waals surface area contributed by atoms with E-state index >= 15 is 0 Å². The molecule has 47 heavy (non-hydrogen) atoms. The fourth-order valence-corrected chi connectivity index (χ4v) is 7.07.